The van der Waals surface area contributed by atoms with E-state index in [0.717, 1.165) is 29.9 Å². The standard InChI is InChI=1S/C17H19ClFN3O/c1-2-4-15-20-14-10-22(8-7-12(14)17(23)21-15)9-11-5-3-6-13(18)16(11)19/h3,5-6H,2,4,7-10H2,1H3,(H,20,21,23). The van der Waals surface area contributed by atoms with Gasteiger partial charge in [-0.25, -0.2) is 9.37 Å². The molecule has 0 amide bonds. The highest BCUT2D eigenvalue weighted by Crippen LogP contribution is 2.22. The Kier molecular flexibility index (Phi) is 4.78. The summed E-state index contributed by atoms with van der Waals surface area (Å²) in [7, 11) is 0. The molecule has 1 N–H and O–H groups in total. The van der Waals surface area contributed by atoms with Crippen LogP contribution in [0.15, 0.2) is 23.0 Å². The molecule has 0 aliphatic carbocycles. The SMILES string of the molecule is CCCc1nc2c(c(=O)[nH]1)CCN(Cc1cccc(Cl)c1F)C2. The molecule has 2 aromatic rings. The van der Waals surface area contributed by atoms with Crippen molar-refractivity contribution >= 4 is 11.6 Å². The maximum absolute atomic E-state index is 14.1. The molecule has 0 saturated heterocycles. The molecule has 0 saturated carbocycles. The molecular formula is C17H19ClFN3O. The van der Waals surface area contributed by atoms with Crippen LogP contribution in [0, 0.1) is 5.82 Å². The fourth-order valence-corrected chi connectivity index (χ4v) is 3.14. The highest BCUT2D eigenvalue weighted by Gasteiger charge is 2.22. The molecule has 0 unspecified atom stereocenters. The minimum Gasteiger partial charge on any atom is -0.310 e. The highest BCUT2D eigenvalue weighted by atomic mass is 35.5. The Labute approximate surface area is 139 Å². The number of nitrogens with zero attached hydrogens (tertiary/aromatic N) is 2. The normalized spacial score (nSPS) is 14.7. The van der Waals surface area contributed by atoms with Crippen LogP contribution in [0.2, 0.25) is 5.02 Å². The monoisotopic (exact) mass is 335 g/mol. The topological polar surface area (TPSA) is 49.0 Å². The van der Waals surface area contributed by atoms with Gasteiger partial charge in [0.1, 0.15) is 11.6 Å². The second-order valence-electron chi connectivity index (χ2n) is 5.86. The zero-order chi connectivity index (χ0) is 16.4. The lowest BCUT2D eigenvalue weighted by Crippen LogP contribution is -2.35. The van der Waals surface area contributed by atoms with Crippen molar-refractivity contribution in [2.75, 3.05) is 6.54 Å². The lowest BCUT2D eigenvalue weighted by Gasteiger charge is -2.28. The minimum atomic E-state index is -0.370. The Bertz CT molecular complexity index is 775. The summed E-state index contributed by atoms with van der Waals surface area (Å²) >= 11 is 5.84. The van der Waals surface area contributed by atoms with E-state index in [9.17, 15) is 9.18 Å². The van der Waals surface area contributed by atoms with Crippen molar-refractivity contribution in [1.29, 1.82) is 0 Å². The van der Waals surface area contributed by atoms with Crippen LogP contribution in [-0.4, -0.2) is 21.4 Å². The van der Waals surface area contributed by atoms with E-state index in [1.54, 1.807) is 18.2 Å². The summed E-state index contributed by atoms with van der Waals surface area (Å²) in [6.45, 7) is 3.77. The summed E-state index contributed by atoms with van der Waals surface area (Å²) in [6.07, 6.45) is 2.32. The number of hydrogen-bond acceptors (Lipinski definition) is 3. The molecule has 1 aliphatic rings. The molecule has 1 aliphatic heterocycles. The first-order chi connectivity index (χ1) is 11.1. The van der Waals surface area contributed by atoms with Gasteiger partial charge in [0, 0.05) is 37.2 Å². The van der Waals surface area contributed by atoms with Gasteiger partial charge in [-0.3, -0.25) is 9.69 Å². The number of aromatic amines is 1. The Morgan fingerprint density at radius 2 is 2.26 bits per heavy atom. The first-order valence-electron chi connectivity index (χ1n) is 7.84. The number of halogens is 2. The molecular weight excluding hydrogens is 317 g/mol. The van der Waals surface area contributed by atoms with E-state index in [2.05, 4.69) is 14.9 Å². The maximum atomic E-state index is 14.1. The fraction of sp³-hybridized carbons (Fsp3) is 0.412. The van der Waals surface area contributed by atoms with E-state index in [1.807, 2.05) is 6.92 Å². The Morgan fingerprint density at radius 3 is 3.04 bits per heavy atom. The highest BCUT2D eigenvalue weighted by molar-refractivity contribution is 6.30. The quantitative estimate of drug-likeness (QED) is 0.934. The third-order valence-corrected chi connectivity index (χ3v) is 4.41. The number of H-pyrrole nitrogens is 1. The third kappa shape index (κ3) is 3.46. The van der Waals surface area contributed by atoms with Crippen molar-refractivity contribution in [3.8, 4) is 0 Å². The van der Waals surface area contributed by atoms with Crippen LogP contribution >= 0.6 is 11.6 Å². The smallest absolute Gasteiger partial charge is 0.254 e. The minimum absolute atomic E-state index is 0.0352. The molecule has 122 valence electrons. The van der Waals surface area contributed by atoms with Gasteiger partial charge in [0.15, 0.2) is 0 Å². The Hall–Kier alpha value is -1.72. The van der Waals surface area contributed by atoms with Crippen molar-refractivity contribution in [1.82, 2.24) is 14.9 Å². The van der Waals surface area contributed by atoms with E-state index < -0.39 is 0 Å². The van der Waals surface area contributed by atoms with Crippen molar-refractivity contribution < 1.29 is 4.39 Å². The fourth-order valence-electron chi connectivity index (χ4n) is 2.95. The van der Waals surface area contributed by atoms with Crippen molar-refractivity contribution in [3.05, 3.63) is 62.0 Å². The lowest BCUT2D eigenvalue weighted by atomic mass is 10.1. The van der Waals surface area contributed by atoms with Crippen LogP contribution in [0.1, 0.15) is 36.0 Å². The molecule has 0 fully saturated rings. The summed E-state index contributed by atoms with van der Waals surface area (Å²) in [5.74, 6) is 0.359. The van der Waals surface area contributed by atoms with E-state index in [4.69, 9.17) is 11.6 Å². The van der Waals surface area contributed by atoms with Gasteiger partial charge in [-0.1, -0.05) is 30.7 Å². The largest absolute Gasteiger partial charge is 0.310 e. The third-order valence-electron chi connectivity index (χ3n) is 4.11. The summed E-state index contributed by atoms with van der Waals surface area (Å²) in [4.78, 5) is 21.7. The zero-order valence-electron chi connectivity index (χ0n) is 13.0. The molecule has 23 heavy (non-hydrogen) atoms. The molecule has 3 rings (SSSR count). The summed E-state index contributed by atoms with van der Waals surface area (Å²) in [5.41, 5.74) is 2.10. The van der Waals surface area contributed by atoms with E-state index in [0.29, 0.717) is 31.6 Å². The number of nitrogens with one attached hydrogen (secondary N) is 1. The number of aromatic nitrogens is 2. The van der Waals surface area contributed by atoms with Crippen LogP contribution in [0.3, 0.4) is 0 Å². The van der Waals surface area contributed by atoms with Crippen LogP contribution < -0.4 is 5.56 Å². The molecule has 2 heterocycles. The van der Waals surface area contributed by atoms with Gasteiger partial charge in [0.05, 0.1) is 10.7 Å². The molecule has 0 radical (unpaired) electrons. The average molecular weight is 336 g/mol. The Balaban J connectivity index is 1.82. The van der Waals surface area contributed by atoms with Crippen LogP contribution in [0.4, 0.5) is 4.39 Å². The predicted octanol–water partition coefficient (Wildman–Crippen LogP) is 3.07. The molecule has 0 spiro atoms. The number of aryl methyl sites for hydroxylation is 1. The van der Waals surface area contributed by atoms with Crippen molar-refractivity contribution in [3.63, 3.8) is 0 Å². The summed E-state index contributed by atoms with van der Waals surface area (Å²) in [5, 5.41) is 0.139. The zero-order valence-corrected chi connectivity index (χ0v) is 13.8. The molecule has 0 atom stereocenters. The van der Waals surface area contributed by atoms with Gasteiger partial charge in [-0.15, -0.1) is 0 Å². The molecule has 1 aromatic heterocycles. The molecule has 4 nitrogen and oxygen atoms in total. The number of benzene rings is 1. The van der Waals surface area contributed by atoms with Crippen molar-refractivity contribution in [2.24, 2.45) is 0 Å². The molecule has 6 heteroatoms. The molecule has 1 aromatic carbocycles. The second kappa shape index (κ2) is 6.81. The number of hydrogen-bond donors (Lipinski definition) is 1. The van der Waals surface area contributed by atoms with Gasteiger partial charge in [-0.05, 0) is 18.9 Å². The predicted molar refractivity (Wildman–Crippen MR) is 88.1 cm³/mol. The number of fused-ring (bicyclic) bond motifs is 1. The van der Waals surface area contributed by atoms with Gasteiger partial charge >= 0.3 is 0 Å². The lowest BCUT2D eigenvalue weighted by molar-refractivity contribution is 0.237. The molecule has 0 bridgehead atoms. The first-order valence-corrected chi connectivity index (χ1v) is 8.22. The maximum Gasteiger partial charge on any atom is 0.254 e. The van der Waals surface area contributed by atoms with Crippen LogP contribution in [0.5, 0.6) is 0 Å². The van der Waals surface area contributed by atoms with Crippen LogP contribution in [-0.2, 0) is 25.9 Å². The van der Waals surface area contributed by atoms with Crippen molar-refractivity contribution in [2.45, 2.75) is 39.3 Å². The second-order valence-corrected chi connectivity index (χ2v) is 6.27. The van der Waals surface area contributed by atoms with E-state index >= 15 is 0 Å². The van der Waals surface area contributed by atoms with Gasteiger partial charge in [0.2, 0.25) is 0 Å². The Morgan fingerprint density at radius 1 is 1.43 bits per heavy atom. The first kappa shape index (κ1) is 16.1. The van der Waals surface area contributed by atoms with Gasteiger partial charge < -0.3 is 4.98 Å². The van der Waals surface area contributed by atoms with E-state index in [-0.39, 0.29) is 16.4 Å². The van der Waals surface area contributed by atoms with E-state index in [1.165, 1.54) is 0 Å². The summed E-state index contributed by atoms with van der Waals surface area (Å²) in [6, 6.07) is 5.04. The number of rotatable bonds is 4. The van der Waals surface area contributed by atoms with Gasteiger partial charge in [-0.2, -0.15) is 0 Å². The average Bonchev–Trinajstić information content (AvgIpc) is 2.52. The summed E-state index contributed by atoms with van der Waals surface area (Å²) < 4.78 is 14.1. The van der Waals surface area contributed by atoms with Crippen LogP contribution in [0.25, 0.3) is 0 Å². The van der Waals surface area contributed by atoms with Gasteiger partial charge in [0.25, 0.3) is 5.56 Å².